The summed E-state index contributed by atoms with van der Waals surface area (Å²) in [6.45, 7) is 4.12. The van der Waals surface area contributed by atoms with Crippen molar-refractivity contribution in [2.45, 2.75) is 19.8 Å². The maximum Gasteiger partial charge on any atom is 0.129 e. The van der Waals surface area contributed by atoms with E-state index in [9.17, 15) is 0 Å². The van der Waals surface area contributed by atoms with E-state index in [1.54, 1.807) is 18.5 Å². The van der Waals surface area contributed by atoms with E-state index in [1.807, 2.05) is 0 Å². The van der Waals surface area contributed by atoms with Crippen LogP contribution in [-0.4, -0.2) is 9.97 Å². The van der Waals surface area contributed by atoms with Gasteiger partial charge in [0.05, 0.1) is 11.3 Å². The minimum Gasteiger partial charge on any atom is -0.259 e. The third kappa shape index (κ3) is 1.72. The molecule has 0 spiro atoms. The number of fused-ring (bicyclic) bond motifs is 1. The summed E-state index contributed by atoms with van der Waals surface area (Å²) in [4.78, 5) is 8.31. The van der Waals surface area contributed by atoms with Crippen molar-refractivity contribution < 1.29 is 0 Å². The van der Waals surface area contributed by atoms with Gasteiger partial charge in [-0.05, 0) is 12.0 Å². The second-order valence-electron chi connectivity index (χ2n) is 3.88. The fourth-order valence-electron chi connectivity index (χ4n) is 1.68. The highest BCUT2D eigenvalue weighted by molar-refractivity contribution is 6.30. The van der Waals surface area contributed by atoms with Crippen molar-refractivity contribution >= 4 is 22.4 Å². The van der Waals surface area contributed by atoms with Crippen LogP contribution in [0.3, 0.4) is 0 Å². The first-order chi connectivity index (χ1) is 7.63. The van der Waals surface area contributed by atoms with Crippen molar-refractivity contribution in [2.75, 3.05) is 0 Å². The molecule has 0 atom stereocenters. The third-order valence-corrected chi connectivity index (χ3v) is 2.64. The van der Waals surface area contributed by atoms with Gasteiger partial charge in [-0.15, -0.1) is 0 Å². The zero-order chi connectivity index (χ0) is 11.7. The molecule has 80 valence electrons. The lowest BCUT2D eigenvalue weighted by atomic mass is 10.0. The highest BCUT2D eigenvalue weighted by Gasteiger charge is 2.11. The lowest BCUT2D eigenvalue weighted by Crippen LogP contribution is -1.96. The largest absolute Gasteiger partial charge is 0.259 e. The molecule has 3 nitrogen and oxygen atoms in total. The molecule has 0 aliphatic carbocycles. The molecule has 0 amide bonds. The van der Waals surface area contributed by atoms with Crippen LogP contribution >= 0.6 is 11.6 Å². The Morgan fingerprint density at radius 1 is 1.25 bits per heavy atom. The van der Waals surface area contributed by atoms with Gasteiger partial charge in [0.15, 0.2) is 0 Å². The highest BCUT2D eigenvalue weighted by Crippen LogP contribution is 2.26. The van der Waals surface area contributed by atoms with Crippen LogP contribution in [0.25, 0.3) is 10.8 Å². The Morgan fingerprint density at radius 3 is 2.62 bits per heavy atom. The summed E-state index contributed by atoms with van der Waals surface area (Å²) < 4.78 is 0. The summed E-state index contributed by atoms with van der Waals surface area (Å²) in [5, 5.41) is 11.1. The summed E-state index contributed by atoms with van der Waals surface area (Å²) in [5.41, 5.74) is 1.47. The first-order valence-electron chi connectivity index (χ1n) is 4.97. The zero-order valence-corrected chi connectivity index (χ0v) is 9.78. The van der Waals surface area contributed by atoms with Gasteiger partial charge in [0.2, 0.25) is 0 Å². The molecule has 0 aliphatic rings. The number of nitrogens with zero attached hydrogens (tertiary/aromatic N) is 3. The van der Waals surface area contributed by atoms with Gasteiger partial charge in [-0.1, -0.05) is 25.4 Å². The summed E-state index contributed by atoms with van der Waals surface area (Å²) in [7, 11) is 0. The molecular formula is C12H10ClN3. The van der Waals surface area contributed by atoms with E-state index in [1.165, 1.54) is 0 Å². The van der Waals surface area contributed by atoms with Crippen molar-refractivity contribution in [3.05, 3.63) is 34.9 Å². The molecule has 2 heterocycles. The summed E-state index contributed by atoms with van der Waals surface area (Å²) in [6, 6.07) is 3.87. The van der Waals surface area contributed by atoms with Gasteiger partial charge < -0.3 is 0 Å². The minimum atomic E-state index is 0.286. The predicted octanol–water partition coefficient (Wildman–Crippen LogP) is 3.28. The van der Waals surface area contributed by atoms with E-state index in [2.05, 4.69) is 29.9 Å². The van der Waals surface area contributed by atoms with Crippen LogP contribution in [0.2, 0.25) is 5.15 Å². The molecule has 0 aromatic carbocycles. The van der Waals surface area contributed by atoms with Crippen molar-refractivity contribution in [3.63, 3.8) is 0 Å². The highest BCUT2D eigenvalue weighted by atomic mass is 35.5. The van der Waals surface area contributed by atoms with Crippen LogP contribution in [0.4, 0.5) is 0 Å². The predicted molar refractivity (Wildman–Crippen MR) is 63.4 cm³/mol. The van der Waals surface area contributed by atoms with Crippen LogP contribution in [0.5, 0.6) is 0 Å². The fraction of sp³-hybridized carbons (Fsp3) is 0.250. The number of hydrogen-bond donors (Lipinski definition) is 0. The van der Waals surface area contributed by atoms with Crippen LogP contribution in [0.1, 0.15) is 31.0 Å². The lowest BCUT2D eigenvalue weighted by Gasteiger charge is -2.09. The van der Waals surface area contributed by atoms with E-state index in [4.69, 9.17) is 16.9 Å². The Labute approximate surface area is 98.7 Å². The molecule has 0 N–H and O–H groups in total. The lowest BCUT2D eigenvalue weighted by molar-refractivity contribution is 0.834. The SMILES string of the molecule is CC(C)c1ncc(C#N)c2cnc(Cl)cc12. The van der Waals surface area contributed by atoms with Gasteiger partial charge in [-0.2, -0.15) is 5.26 Å². The van der Waals surface area contributed by atoms with Crippen LogP contribution in [-0.2, 0) is 0 Å². The van der Waals surface area contributed by atoms with Crippen molar-refractivity contribution in [1.29, 1.82) is 5.26 Å². The van der Waals surface area contributed by atoms with Crippen molar-refractivity contribution in [2.24, 2.45) is 0 Å². The number of aromatic nitrogens is 2. The summed E-state index contributed by atoms with van der Waals surface area (Å²) in [6.07, 6.45) is 3.22. The minimum absolute atomic E-state index is 0.286. The standard InChI is InChI=1S/C12H10ClN3/c1-7(2)12-9-3-11(13)15-6-10(9)8(4-14)5-16-12/h3,5-7H,1-2H3. The van der Waals surface area contributed by atoms with E-state index in [0.717, 1.165) is 16.5 Å². The summed E-state index contributed by atoms with van der Waals surface area (Å²) in [5.74, 6) is 0.286. The Hall–Kier alpha value is -1.66. The molecule has 0 saturated carbocycles. The topological polar surface area (TPSA) is 49.6 Å². The van der Waals surface area contributed by atoms with E-state index < -0.39 is 0 Å². The number of rotatable bonds is 1. The molecule has 0 fully saturated rings. The van der Waals surface area contributed by atoms with Gasteiger partial charge in [0, 0.05) is 23.2 Å². The Morgan fingerprint density at radius 2 is 2.00 bits per heavy atom. The second-order valence-corrected chi connectivity index (χ2v) is 4.26. The molecule has 16 heavy (non-hydrogen) atoms. The van der Waals surface area contributed by atoms with Gasteiger partial charge in [-0.3, -0.25) is 4.98 Å². The average Bonchev–Trinajstić information content (AvgIpc) is 2.26. The number of nitriles is 1. The Kier molecular flexibility index (Phi) is 2.76. The molecule has 2 aromatic heterocycles. The second kappa shape index (κ2) is 4.07. The van der Waals surface area contributed by atoms with E-state index in [0.29, 0.717) is 10.7 Å². The van der Waals surface area contributed by atoms with Crippen LogP contribution in [0, 0.1) is 11.3 Å². The van der Waals surface area contributed by atoms with Gasteiger partial charge >= 0.3 is 0 Å². The van der Waals surface area contributed by atoms with Gasteiger partial charge in [0.1, 0.15) is 11.2 Å². The fourth-order valence-corrected chi connectivity index (χ4v) is 1.84. The maximum atomic E-state index is 8.98. The number of halogens is 1. The molecule has 4 heteroatoms. The quantitative estimate of drug-likeness (QED) is 0.708. The molecule has 0 radical (unpaired) electrons. The normalized spacial score (nSPS) is 10.7. The van der Waals surface area contributed by atoms with Crippen molar-refractivity contribution in [1.82, 2.24) is 9.97 Å². The Balaban J connectivity index is 2.87. The number of hydrogen-bond acceptors (Lipinski definition) is 3. The number of pyridine rings is 2. The van der Waals surface area contributed by atoms with Crippen molar-refractivity contribution in [3.8, 4) is 6.07 Å². The molecule has 0 bridgehead atoms. The van der Waals surface area contributed by atoms with Gasteiger partial charge in [-0.25, -0.2) is 4.98 Å². The average molecular weight is 232 g/mol. The molecule has 2 rings (SSSR count). The zero-order valence-electron chi connectivity index (χ0n) is 9.03. The molecule has 0 unspecified atom stereocenters. The first-order valence-corrected chi connectivity index (χ1v) is 5.35. The Bertz CT molecular complexity index is 585. The van der Waals surface area contributed by atoms with Gasteiger partial charge in [0.25, 0.3) is 0 Å². The van der Waals surface area contributed by atoms with Crippen LogP contribution in [0.15, 0.2) is 18.5 Å². The van der Waals surface area contributed by atoms with E-state index >= 15 is 0 Å². The summed E-state index contributed by atoms with van der Waals surface area (Å²) >= 11 is 5.87. The first kappa shape index (κ1) is 10.8. The molecule has 0 aliphatic heterocycles. The molecule has 2 aromatic rings. The monoisotopic (exact) mass is 231 g/mol. The van der Waals surface area contributed by atoms with Crippen LogP contribution < -0.4 is 0 Å². The maximum absolute atomic E-state index is 8.98. The third-order valence-electron chi connectivity index (χ3n) is 2.44. The molecular weight excluding hydrogens is 222 g/mol. The van der Waals surface area contributed by atoms with E-state index in [-0.39, 0.29) is 5.92 Å². The smallest absolute Gasteiger partial charge is 0.129 e. The molecule has 0 saturated heterocycles.